The highest BCUT2D eigenvalue weighted by molar-refractivity contribution is 5.96. The fraction of sp³-hybridized carbons (Fsp3) is 0.263. The maximum atomic E-state index is 12.1. The van der Waals surface area contributed by atoms with Crippen LogP contribution in [0.5, 0.6) is 0 Å². The Morgan fingerprint density at radius 1 is 1.04 bits per heavy atom. The van der Waals surface area contributed by atoms with Crippen LogP contribution in [-0.2, 0) is 0 Å². The summed E-state index contributed by atoms with van der Waals surface area (Å²) in [5.74, 6) is -0.0317. The molecule has 2 aromatic rings. The molecule has 24 heavy (non-hydrogen) atoms. The van der Waals surface area contributed by atoms with E-state index in [0.29, 0.717) is 17.8 Å². The van der Waals surface area contributed by atoms with Gasteiger partial charge >= 0.3 is 6.03 Å². The first-order valence-corrected chi connectivity index (χ1v) is 7.84. The largest absolute Gasteiger partial charge is 0.336 e. The Kier molecular flexibility index (Phi) is 6.09. The fourth-order valence-electron chi connectivity index (χ4n) is 2.45. The quantitative estimate of drug-likeness (QED) is 0.801. The van der Waals surface area contributed by atoms with Gasteiger partial charge in [0.15, 0.2) is 5.78 Å². The molecule has 5 nitrogen and oxygen atoms in total. The monoisotopic (exact) mass is 325 g/mol. The molecule has 0 aromatic heterocycles. The van der Waals surface area contributed by atoms with Gasteiger partial charge in [0, 0.05) is 17.8 Å². The van der Waals surface area contributed by atoms with Crippen molar-refractivity contribution >= 4 is 17.5 Å². The fourth-order valence-corrected chi connectivity index (χ4v) is 2.45. The Bertz CT molecular complexity index is 699. The third-order valence-electron chi connectivity index (χ3n) is 3.79. The zero-order valence-corrected chi connectivity index (χ0v) is 14.2. The second-order valence-electron chi connectivity index (χ2n) is 5.86. The first kappa shape index (κ1) is 17.7. The summed E-state index contributed by atoms with van der Waals surface area (Å²) in [5, 5.41) is 5.65. The predicted molar refractivity (Wildman–Crippen MR) is 96.3 cm³/mol. The number of likely N-dealkylation sites (N-methyl/N-ethyl adjacent to an activating group) is 1. The molecular weight excluding hydrogens is 302 g/mol. The number of benzene rings is 2. The van der Waals surface area contributed by atoms with Crippen molar-refractivity contribution in [3.63, 3.8) is 0 Å². The van der Waals surface area contributed by atoms with E-state index in [1.54, 1.807) is 24.3 Å². The number of Topliss-reactive ketones (excluding diaryl/α,β-unsaturated/α-hetero) is 1. The number of anilines is 1. The Balaban J connectivity index is 1.96. The third-order valence-corrected chi connectivity index (χ3v) is 3.79. The molecule has 0 saturated heterocycles. The normalized spacial score (nSPS) is 11.8. The van der Waals surface area contributed by atoms with E-state index >= 15 is 0 Å². The number of amides is 2. The topological polar surface area (TPSA) is 61.4 Å². The van der Waals surface area contributed by atoms with Crippen LogP contribution < -0.4 is 10.6 Å². The Hall–Kier alpha value is -2.66. The van der Waals surface area contributed by atoms with Crippen molar-refractivity contribution in [3.8, 4) is 0 Å². The summed E-state index contributed by atoms with van der Waals surface area (Å²) in [6.45, 7) is 1.98. The number of nitrogens with one attached hydrogen (secondary N) is 2. The van der Waals surface area contributed by atoms with E-state index in [9.17, 15) is 9.59 Å². The summed E-state index contributed by atoms with van der Waals surface area (Å²) in [4.78, 5) is 25.6. The predicted octanol–water partition coefficient (Wildman–Crippen LogP) is 3.31. The molecule has 0 aliphatic heterocycles. The van der Waals surface area contributed by atoms with Crippen LogP contribution in [0, 0.1) is 0 Å². The van der Waals surface area contributed by atoms with Gasteiger partial charge in [-0.25, -0.2) is 4.79 Å². The molecule has 0 fully saturated rings. The number of nitrogens with zero attached hydrogens (tertiary/aromatic N) is 1. The van der Waals surface area contributed by atoms with Gasteiger partial charge in [-0.15, -0.1) is 0 Å². The summed E-state index contributed by atoms with van der Waals surface area (Å²) < 4.78 is 0. The van der Waals surface area contributed by atoms with Gasteiger partial charge in [0.2, 0.25) is 0 Å². The Morgan fingerprint density at radius 2 is 1.75 bits per heavy atom. The number of hydrogen-bond donors (Lipinski definition) is 2. The van der Waals surface area contributed by atoms with Crippen molar-refractivity contribution in [2.75, 3.05) is 26.0 Å². The highest BCUT2D eigenvalue weighted by Gasteiger charge is 2.15. The molecule has 1 atom stereocenters. The van der Waals surface area contributed by atoms with E-state index in [0.717, 1.165) is 5.56 Å². The molecule has 126 valence electrons. The average molecular weight is 325 g/mol. The third kappa shape index (κ3) is 4.93. The molecule has 2 amide bonds. The summed E-state index contributed by atoms with van der Waals surface area (Å²) in [6.07, 6.45) is 0. The smallest absolute Gasteiger partial charge is 0.319 e. The SMILES string of the molecule is CC(=O)c1cccc(NC(=O)NCC(c2ccccc2)N(C)C)c1. The van der Waals surface area contributed by atoms with Gasteiger partial charge in [0.05, 0.1) is 6.04 Å². The minimum absolute atomic E-state index is 0.0317. The lowest BCUT2D eigenvalue weighted by molar-refractivity contribution is 0.101. The van der Waals surface area contributed by atoms with Crippen molar-refractivity contribution in [3.05, 3.63) is 65.7 Å². The summed E-state index contributed by atoms with van der Waals surface area (Å²) in [7, 11) is 3.96. The van der Waals surface area contributed by atoms with Crippen LogP contribution in [0.15, 0.2) is 54.6 Å². The van der Waals surface area contributed by atoms with Crippen LogP contribution in [0.2, 0.25) is 0 Å². The standard InChI is InChI=1S/C19H23N3O2/c1-14(23)16-10-7-11-17(12-16)21-19(24)20-13-18(22(2)3)15-8-5-4-6-9-15/h4-12,18H,13H2,1-3H3,(H2,20,21,24). The van der Waals surface area contributed by atoms with Gasteiger partial charge in [-0.05, 0) is 38.7 Å². The van der Waals surface area contributed by atoms with E-state index in [-0.39, 0.29) is 17.9 Å². The molecule has 2 rings (SSSR count). The van der Waals surface area contributed by atoms with E-state index in [1.807, 2.05) is 44.4 Å². The lowest BCUT2D eigenvalue weighted by Gasteiger charge is -2.25. The van der Waals surface area contributed by atoms with Gasteiger partial charge in [0.25, 0.3) is 0 Å². The minimum Gasteiger partial charge on any atom is -0.336 e. The van der Waals surface area contributed by atoms with E-state index in [4.69, 9.17) is 0 Å². The molecule has 1 unspecified atom stereocenters. The van der Waals surface area contributed by atoms with Crippen LogP contribution in [0.3, 0.4) is 0 Å². The van der Waals surface area contributed by atoms with Gasteiger partial charge in [-0.2, -0.15) is 0 Å². The second kappa shape index (κ2) is 8.26. The number of hydrogen-bond acceptors (Lipinski definition) is 3. The maximum absolute atomic E-state index is 12.1. The number of urea groups is 1. The van der Waals surface area contributed by atoms with Crippen LogP contribution in [0.4, 0.5) is 10.5 Å². The highest BCUT2D eigenvalue weighted by Crippen LogP contribution is 2.17. The first-order chi connectivity index (χ1) is 11.5. The molecule has 0 aliphatic rings. The Morgan fingerprint density at radius 3 is 2.38 bits per heavy atom. The molecular formula is C19H23N3O2. The molecule has 0 bridgehead atoms. The molecule has 2 N–H and O–H groups in total. The molecule has 2 aromatic carbocycles. The molecule has 0 radical (unpaired) electrons. The van der Waals surface area contributed by atoms with E-state index in [1.165, 1.54) is 6.92 Å². The van der Waals surface area contributed by atoms with E-state index < -0.39 is 0 Å². The lowest BCUT2D eigenvalue weighted by atomic mass is 10.1. The Labute approximate surface area is 142 Å². The summed E-state index contributed by atoms with van der Waals surface area (Å²) in [6, 6.07) is 16.7. The van der Waals surface area contributed by atoms with Crippen molar-refractivity contribution < 1.29 is 9.59 Å². The van der Waals surface area contributed by atoms with Gasteiger partial charge < -0.3 is 15.5 Å². The molecule has 0 saturated carbocycles. The maximum Gasteiger partial charge on any atom is 0.319 e. The van der Waals surface area contributed by atoms with Crippen LogP contribution in [0.25, 0.3) is 0 Å². The van der Waals surface area contributed by atoms with Gasteiger partial charge in [0.1, 0.15) is 0 Å². The molecule has 0 heterocycles. The average Bonchev–Trinajstić information content (AvgIpc) is 2.56. The number of ketones is 1. The zero-order chi connectivity index (χ0) is 17.5. The molecule has 0 spiro atoms. The zero-order valence-electron chi connectivity index (χ0n) is 14.2. The molecule has 5 heteroatoms. The van der Waals surface area contributed by atoms with Gasteiger partial charge in [-0.3, -0.25) is 4.79 Å². The lowest BCUT2D eigenvalue weighted by Crippen LogP contribution is -2.36. The van der Waals surface area contributed by atoms with Crippen molar-refractivity contribution in [1.29, 1.82) is 0 Å². The van der Waals surface area contributed by atoms with Crippen molar-refractivity contribution in [1.82, 2.24) is 10.2 Å². The number of carbonyl (C=O) groups is 2. The van der Waals surface area contributed by atoms with Gasteiger partial charge in [-0.1, -0.05) is 42.5 Å². The second-order valence-corrected chi connectivity index (χ2v) is 5.86. The summed E-state index contributed by atoms with van der Waals surface area (Å²) >= 11 is 0. The number of rotatable bonds is 6. The van der Waals surface area contributed by atoms with Crippen molar-refractivity contribution in [2.45, 2.75) is 13.0 Å². The molecule has 0 aliphatic carbocycles. The van der Waals surface area contributed by atoms with Crippen LogP contribution >= 0.6 is 0 Å². The highest BCUT2D eigenvalue weighted by atomic mass is 16.2. The first-order valence-electron chi connectivity index (χ1n) is 7.84. The number of carbonyl (C=O) groups excluding carboxylic acids is 2. The van der Waals surface area contributed by atoms with Crippen LogP contribution in [0.1, 0.15) is 28.9 Å². The summed E-state index contributed by atoms with van der Waals surface area (Å²) in [5.41, 5.74) is 2.31. The van der Waals surface area contributed by atoms with Crippen molar-refractivity contribution in [2.24, 2.45) is 0 Å². The minimum atomic E-state index is -0.293. The van der Waals surface area contributed by atoms with E-state index in [2.05, 4.69) is 15.5 Å². The van der Waals surface area contributed by atoms with Crippen LogP contribution in [-0.4, -0.2) is 37.4 Å².